The summed E-state index contributed by atoms with van der Waals surface area (Å²) in [6.45, 7) is 3.49. The lowest BCUT2D eigenvalue weighted by Crippen LogP contribution is -2.22. The van der Waals surface area contributed by atoms with Gasteiger partial charge in [0.05, 0.1) is 0 Å². The third kappa shape index (κ3) is 2.19. The van der Waals surface area contributed by atoms with Gasteiger partial charge in [-0.15, -0.1) is 0 Å². The minimum Gasteiger partial charge on any atom is -0.274 e. The van der Waals surface area contributed by atoms with E-state index in [1.807, 2.05) is 25.1 Å². The summed E-state index contributed by atoms with van der Waals surface area (Å²) < 4.78 is 2.18. The first kappa shape index (κ1) is 11.7. The second-order valence-corrected chi connectivity index (χ2v) is 4.13. The minimum atomic E-state index is -0.165. The number of carbonyl (C=O) groups excluding carboxylic acids is 1. The number of nitrogens with zero attached hydrogens (tertiary/aromatic N) is 2. The fourth-order valence-electron chi connectivity index (χ4n) is 1.71. The third-order valence-electron chi connectivity index (χ3n) is 2.49. The third-order valence-corrected chi connectivity index (χ3v) is 2.93. The molecule has 2 heterocycles. The lowest BCUT2D eigenvalue weighted by molar-refractivity contribution is -0.115. The maximum atomic E-state index is 11.2. The molecule has 0 unspecified atom stereocenters. The number of rotatable bonds is 2. The summed E-state index contributed by atoms with van der Waals surface area (Å²) in [5.74, 6) is -0.165. The Morgan fingerprint density at radius 2 is 2.35 bits per heavy atom. The summed E-state index contributed by atoms with van der Waals surface area (Å²) in [7, 11) is 0. The Kier molecular flexibility index (Phi) is 3.19. The van der Waals surface area contributed by atoms with Gasteiger partial charge >= 0.3 is 0 Å². The van der Waals surface area contributed by atoms with E-state index < -0.39 is 0 Å². The van der Waals surface area contributed by atoms with Crippen molar-refractivity contribution in [1.29, 1.82) is 0 Å². The van der Waals surface area contributed by atoms with E-state index in [2.05, 4.69) is 10.4 Å². The highest BCUT2D eigenvalue weighted by atomic mass is 32.1. The monoisotopic (exact) mass is 247 g/mol. The number of pyridine rings is 2. The van der Waals surface area contributed by atoms with Crippen LogP contribution in [-0.4, -0.2) is 15.6 Å². The fraction of sp³-hybridized carbons (Fsp3) is 0.250. The van der Waals surface area contributed by atoms with Crippen molar-refractivity contribution in [3.63, 3.8) is 0 Å². The Balaban J connectivity index is 2.80. The number of aryl methyl sites for hydroxylation is 1. The lowest BCUT2D eigenvalue weighted by Gasteiger charge is -2.12. The Labute approximate surface area is 104 Å². The molecule has 0 saturated carbocycles. The van der Waals surface area contributed by atoms with Gasteiger partial charge in [-0.25, -0.2) is 9.66 Å². The number of nitrogens with one attached hydrogen (secondary N) is 1. The summed E-state index contributed by atoms with van der Waals surface area (Å²) in [4.78, 5) is 15.5. The first-order chi connectivity index (χ1) is 8.13. The van der Waals surface area contributed by atoms with Crippen LogP contribution in [0.5, 0.6) is 0 Å². The molecule has 0 aliphatic carbocycles. The van der Waals surface area contributed by atoms with Crippen molar-refractivity contribution >= 4 is 29.2 Å². The number of fused-ring (bicyclic) bond motifs is 1. The van der Waals surface area contributed by atoms with E-state index in [9.17, 15) is 4.79 Å². The molecule has 0 atom stereocenters. The maximum absolute atomic E-state index is 11.2. The van der Waals surface area contributed by atoms with Crippen LogP contribution in [0.15, 0.2) is 24.4 Å². The van der Waals surface area contributed by atoms with E-state index in [0.717, 1.165) is 17.4 Å². The average molecular weight is 247 g/mol. The number of aromatic nitrogens is 2. The summed E-state index contributed by atoms with van der Waals surface area (Å²) in [6.07, 6.45) is 2.50. The SMILES string of the molecule is CCc1cc2cccnc2n(NC(C)=O)c1=S. The Bertz CT molecular complexity index is 633. The molecule has 0 aliphatic rings. The Hall–Kier alpha value is -1.75. The van der Waals surface area contributed by atoms with E-state index >= 15 is 0 Å². The van der Waals surface area contributed by atoms with Gasteiger partial charge in [-0.05, 0) is 30.2 Å². The van der Waals surface area contributed by atoms with Crippen LogP contribution in [0.25, 0.3) is 11.0 Å². The highest BCUT2D eigenvalue weighted by Gasteiger charge is 2.07. The van der Waals surface area contributed by atoms with E-state index in [1.54, 1.807) is 10.9 Å². The van der Waals surface area contributed by atoms with E-state index in [0.29, 0.717) is 10.3 Å². The molecule has 88 valence electrons. The summed E-state index contributed by atoms with van der Waals surface area (Å²) in [6, 6.07) is 5.83. The number of amides is 1. The molecule has 2 aromatic heterocycles. The molecule has 5 heteroatoms. The molecule has 2 rings (SSSR count). The predicted molar refractivity (Wildman–Crippen MR) is 70.0 cm³/mol. The Morgan fingerprint density at radius 1 is 1.59 bits per heavy atom. The zero-order chi connectivity index (χ0) is 12.4. The molecule has 0 radical (unpaired) electrons. The van der Waals surface area contributed by atoms with Gasteiger partial charge in [0.1, 0.15) is 4.64 Å². The molecular weight excluding hydrogens is 234 g/mol. The van der Waals surface area contributed by atoms with E-state index in [4.69, 9.17) is 12.2 Å². The van der Waals surface area contributed by atoms with Crippen LogP contribution in [0.4, 0.5) is 0 Å². The highest BCUT2D eigenvalue weighted by molar-refractivity contribution is 7.71. The Morgan fingerprint density at radius 3 is 3.00 bits per heavy atom. The van der Waals surface area contributed by atoms with E-state index in [1.165, 1.54) is 6.92 Å². The average Bonchev–Trinajstić information content (AvgIpc) is 2.32. The molecule has 0 spiro atoms. The van der Waals surface area contributed by atoms with Crippen LogP contribution in [0.2, 0.25) is 0 Å². The van der Waals surface area contributed by atoms with E-state index in [-0.39, 0.29) is 5.91 Å². The molecule has 1 amide bonds. The number of hydrogen-bond acceptors (Lipinski definition) is 3. The summed E-state index contributed by atoms with van der Waals surface area (Å²) in [5, 5.41) is 0.965. The highest BCUT2D eigenvalue weighted by Crippen LogP contribution is 2.15. The molecule has 2 aromatic rings. The van der Waals surface area contributed by atoms with Crippen LogP contribution in [0.3, 0.4) is 0 Å². The van der Waals surface area contributed by atoms with Gasteiger partial charge in [0.25, 0.3) is 0 Å². The van der Waals surface area contributed by atoms with Crippen molar-refractivity contribution < 1.29 is 4.79 Å². The van der Waals surface area contributed by atoms with Crippen LogP contribution in [-0.2, 0) is 11.2 Å². The molecule has 1 N–H and O–H groups in total. The van der Waals surface area contributed by atoms with Crippen molar-refractivity contribution in [2.75, 3.05) is 5.43 Å². The fourth-order valence-corrected chi connectivity index (χ4v) is 2.05. The molecular formula is C12H13N3OS. The van der Waals surface area contributed by atoms with Gasteiger partial charge in [0.2, 0.25) is 5.91 Å². The van der Waals surface area contributed by atoms with Gasteiger partial charge in [0, 0.05) is 18.5 Å². The normalized spacial score (nSPS) is 10.5. The largest absolute Gasteiger partial charge is 0.274 e. The van der Waals surface area contributed by atoms with Gasteiger partial charge in [0.15, 0.2) is 5.65 Å². The molecule has 0 aromatic carbocycles. The number of carbonyl (C=O) groups is 1. The second kappa shape index (κ2) is 4.63. The van der Waals surface area contributed by atoms with Gasteiger partial charge in [-0.2, -0.15) is 0 Å². The lowest BCUT2D eigenvalue weighted by atomic mass is 10.2. The second-order valence-electron chi connectivity index (χ2n) is 3.75. The standard InChI is InChI=1S/C12H13N3OS/c1-3-9-7-10-5-4-6-13-11(10)15(12(9)17)14-8(2)16/h4-7H,3H2,1-2H3,(H,14,16). The topological polar surface area (TPSA) is 46.9 Å². The molecule has 0 fully saturated rings. The summed E-state index contributed by atoms with van der Waals surface area (Å²) in [5.41, 5.74) is 4.40. The van der Waals surface area contributed by atoms with Crippen LogP contribution < -0.4 is 5.43 Å². The van der Waals surface area contributed by atoms with Gasteiger partial charge in [-0.1, -0.05) is 19.1 Å². The molecule has 0 saturated heterocycles. The zero-order valence-corrected chi connectivity index (χ0v) is 10.5. The molecule has 17 heavy (non-hydrogen) atoms. The first-order valence-electron chi connectivity index (χ1n) is 5.40. The van der Waals surface area contributed by atoms with Crippen LogP contribution in [0.1, 0.15) is 19.4 Å². The molecule has 4 nitrogen and oxygen atoms in total. The zero-order valence-electron chi connectivity index (χ0n) is 9.73. The smallest absolute Gasteiger partial charge is 0.235 e. The van der Waals surface area contributed by atoms with Crippen molar-refractivity contribution in [3.05, 3.63) is 34.6 Å². The van der Waals surface area contributed by atoms with Gasteiger partial charge < -0.3 is 0 Å². The van der Waals surface area contributed by atoms with Crippen LogP contribution in [0, 0.1) is 4.64 Å². The van der Waals surface area contributed by atoms with Crippen molar-refractivity contribution in [2.45, 2.75) is 20.3 Å². The minimum absolute atomic E-state index is 0.165. The quantitative estimate of drug-likeness (QED) is 0.829. The maximum Gasteiger partial charge on any atom is 0.235 e. The van der Waals surface area contributed by atoms with Crippen molar-refractivity contribution in [1.82, 2.24) is 9.66 Å². The first-order valence-corrected chi connectivity index (χ1v) is 5.81. The summed E-state index contributed by atoms with van der Waals surface area (Å²) >= 11 is 5.35. The van der Waals surface area contributed by atoms with Crippen molar-refractivity contribution in [2.24, 2.45) is 0 Å². The molecule has 0 bridgehead atoms. The van der Waals surface area contributed by atoms with Crippen LogP contribution >= 0.6 is 12.2 Å². The number of hydrogen-bond donors (Lipinski definition) is 1. The molecule has 0 aliphatic heterocycles. The predicted octanol–water partition coefficient (Wildman–Crippen LogP) is 2.42. The van der Waals surface area contributed by atoms with Crippen molar-refractivity contribution in [3.8, 4) is 0 Å². The van der Waals surface area contributed by atoms with Gasteiger partial charge in [-0.3, -0.25) is 10.2 Å².